The highest BCUT2D eigenvalue weighted by Crippen LogP contribution is 2.14. The van der Waals surface area contributed by atoms with E-state index >= 15 is 0 Å². The molecule has 0 unspecified atom stereocenters. The van der Waals surface area contributed by atoms with Gasteiger partial charge in [-0.15, -0.1) is 0 Å². The van der Waals surface area contributed by atoms with Crippen molar-refractivity contribution in [3.63, 3.8) is 0 Å². The molecule has 9 heteroatoms. The Morgan fingerprint density at radius 1 is 1.19 bits per heavy atom. The number of nitrogens with zero attached hydrogens (tertiary/aromatic N) is 4. The van der Waals surface area contributed by atoms with Crippen molar-refractivity contribution in [1.29, 1.82) is 0 Å². The van der Waals surface area contributed by atoms with Crippen molar-refractivity contribution in [3.05, 3.63) is 70.5 Å². The van der Waals surface area contributed by atoms with Crippen LogP contribution in [-0.4, -0.2) is 32.5 Å². The van der Waals surface area contributed by atoms with Crippen LogP contribution < -0.4 is 21.6 Å². The molecular weight excluding hydrogens is 336 g/mol. The van der Waals surface area contributed by atoms with Gasteiger partial charge in [0, 0.05) is 18.6 Å². The third-order valence-corrected chi connectivity index (χ3v) is 3.67. The average molecular weight is 352 g/mol. The number of carbonyl (C=O) groups excluding carboxylic acids is 1. The molecule has 0 aromatic carbocycles. The summed E-state index contributed by atoms with van der Waals surface area (Å²) in [5.74, 6) is 4.65. The Morgan fingerprint density at radius 3 is 2.65 bits per heavy atom. The Bertz CT molecular complexity index is 970. The van der Waals surface area contributed by atoms with Crippen LogP contribution in [0.15, 0.2) is 53.7 Å². The lowest BCUT2D eigenvalue weighted by molar-refractivity contribution is 0.0953. The monoisotopic (exact) mass is 352 g/mol. The van der Waals surface area contributed by atoms with Crippen LogP contribution in [0.5, 0.6) is 6.01 Å². The van der Waals surface area contributed by atoms with Gasteiger partial charge in [-0.25, -0.2) is 10.8 Å². The predicted molar refractivity (Wildman–Crippen MR) is 93.3 cm³/mol. The summed E-state index contributed by atoms with van der Waals surface area (Å²) in [6.07, 6.45) is 4.42. The van der Waals surface area contributed by atoms with E-state index in [0.717, 1.165) is 0 Å². The van der Waals surface area contributed by atoms with Gasteiger partial charge in [-0.3, -0.25) is 29.5 Å². The van der Waals surface area contributed by atoms with Gasteiger partial charge in [0.15, 0.2) is 0 Å². The fourth-order valence-corrected chi connectivity index (χ4v) is 2.37. The molecule has 3 rings (SSSR count). The number of rotatable bonds is 5. The van der Waals surface area contributed by atoms with E-state index in [0.29, 0.717) is 22.5 Å². The fraction of sp³-hybridized carbons (Fsp3) is 0.118. The molecule has 3 aromatic rings. The zero-order valence-electron chi connectivity index (χ0n) is 13.9. The second-order valence-electron chi connectivity index (χ2n) is 5.28. The number of amides is 1. The molecule has 0 saturated carbocycles. The lowest BCUT2D eigenvalue weighted by Gasteiger charge is -2.12. The third-order valence-electron chi connectivity index (χ3n) is 3.67. The lowest BCUT2D eigenvalue weighted by atomic mass is 10.2. The van der Waals surface area contributed by atoms with Crippen LogP contribution in [0.3, 0.4) is 0 Å². The maximum atomic E-state index is 12.9. The number of nitrogens with one attached hydrogen (secondary N) is 1. The molecule has 0 aliphatic heterocycles. The van der Waals surface area contributed by atoms with Crippen molar-refractivity contribution >= 4 is 5.91 Å². The summed E-state index contributed by atoms with van der Waals surface area (Å²) in [6.45, 7) is 0.125. The number of pyridine rings is 2. The summed E-state index contributed by atoms with van der Waals surface area (Å²) < 4.78 is 6.55. The Balaban J connectivity index is 1.99. The summed E-state index contributed by atoms with van der Waals surface area (Å²) >= 11 is 0. The summed E-state index contributed by atoms with van der Waals surface area (Å²) in [7, 11) is 1.43. The molecule has 9 nitrogen and oxygen atoms in total. The molecule has 0 aliphatic rings. The maximum Gasteiger partial charge on any atom is 0.299 e. The maximum absolute atomic E-state index is 12.9. The van der Waals surface area contributed by atoms with Crippen LogP contribution in [0, 0.1) is 0 Å². The van der Waals surface area contributed by atoms with Crippen LogP contribution in [-0.2, 0) is 6.54 Å². The molecule has 0 fully saturated rings. The SMILES string of the molecule is COc1ncc(-c2ccccn2)c(=O)n1Cc1ccc(C(=O)NN)cn1. The van der Waals surface area contributed by atoms with Gasteiger partial charge in [0.1, 0.15) is 0 Å². The Hall–Kier alpha value is -3.59. The normalized spacial score (nSPS) is 10.4. The first kappa shape index (κ1) is 17.2. The standard InChI is InChI=1S/C17H16N6O3/c1-26-17-21-9-13(14-4-2-3-7-19-14)16(25)23(17)10-12-6-5-11(8-20-12)15(24)22-18/h2-9H,10,18H2,1H3,(H,22,24). The van der Waals surface area contributed by atoms with Crippen molar-refractivity contribution in [2.45, 2.75) is 6.54 Å². The number of nitrogen functional groups attached to an aromatic ring is 1. The van der Waals surface area contributed by atoms with Crippen molar-refractivity contribution < 1.29 is 9.53 Å². The summed E-state index contributed by atoms with van der Waals surface area (Å²) in [6, 6.07) is 8.64. The van der Waals surface area contributed by atoms with Gasteiger partial charge in [0.2, 0.25) is 0 Å². The van der Waals surface area contributed by atoms with E-state index in [4.69, 9.17) is 10.6 Å². The molecule has 0 spiro atoms. The molecule has 1 amide bonds. The van der Waals surface area contributed by atoms with Gasteiger partial charge >= 0.3 is 0 Å². The molecule has 3 heterocycles. The minimum atomic E-state index is -0.447. The van der Waals surface area contributed by atoms with E-state index in [1.165, 1.54) is 24.1 Å². The quantitative estimate of drug-likeness (QED) is 0.386. The van der Waals surface area contributed by atoms with Crippen LogP contribution in [0.4, 0.5) is 0 Å². The van der Waals surface area contributed by atoms with E-state index in [-0.39, 0.29) is 18.1 Å². The summed E-state index contributed by atoms with van der Waals surface area (Å²) in [5, 5.41) is 0. The average Bonchev–Trinajstić information content (AvgIpc) is 2.70. The van der Waals surface area contributed by atoms with Crippen molar-refractivity contribution in [1.82, 2.24) is 24.9 Å². The fourth-order valence-electron chi connectivity index (χ4n) is 2.37. The molecule has 0 atom stereocenters. The molecule has 132 valence electrons. The first-order valence-corrected chi connectivity index (χ1v) is 7.65. The first-order valence-electron chi connectivity index (χ1n) is 7.65. The van der Waals surface area contributed by atoms with Gasteiger partial charge < -0.3 is 4.74 Å². The first-order chi connectivity index (χ1) is 12.6. The zero-order chi connectivity index (χ0) is 18.5. The second kappa shape index (κ2) is 7.53. The van der Waals surface area contributed by atoms with Gasteiger partial charge in [-0.2, -0.15) is 0 Å². The van der Waals surface area contributed by atoms with Crippen LogP contribution in [0.2, 0.25) is 0 Å². The number of hydrazine groups is 1. The number of hydrogen-bond acceptors (Lipinski definition) is 7. The van der Waals surface area contributed by atoms with E-state index in [2.05, 4.69) is 15.0 Å². The molecule has 0 bridgehead atoms. The molecule has 0 radical (unpaired) electrons. The molecule has 0 saturated heterocycles. The predicted octanol–water partition coefficient (Wildman–Crippen LogP) is 0.361. The highest BCUT2D eigenvalue weighted by molar-refractivity contribution is 5.93. The van der Waals surface area contributed by atoms with Crippen LogP contribution in [0.25, 0.3) is 11.3 Å². The van der Waals surface area contributed by atoms with Crippen LogP contribution in [0.1, 0.15) is 16.1 Å². The van der Waals surface area contributed by atoms with Crippen LogP contribution >= 0.6 is 0 Å². The van der Waals surface area contributed by atoms with Gasteiger partial charge in [0.25, 0.3) is 17.5 Å². The molecule has 3 N–H and O–H groups in total. The van der Waals surface area contributed by atoms with E-state index < -0.39 is 5.91 Å². The van der Waals surface area contributed by atoms with Gasteiger partial charge in [0.05, 0.1) is 36.2 Å². The highest BCUT2D eigenvalue weighted by Gasteiger charge is 2.14. The lowest BCUT2D eigenvalue weighted by Crippen LogP contribution is -2.30. The highest BCUT2D eigenvalue weighted by atomic mass is 16.5. The molecule has 3 aromatic heterocycles. The zero-order valence-corrected chi connectivity index (χ0v) is 13.9. The molecule has 26 heavy (non-hydrogen) atoms. The molecule has 0 aliphatic carbocycles. The Kier molecular flexibility index (Phi) is 4.99. The van der Waals surface area contributed by atoms with E-state index in [9.17, 15) is 9.59 Å². The Morgan fingerprint density at radius 2 is 2.04 bits per heavy atom. The van der Waals surface area contributed by atoms with E-state index in [1.807, 2.05) is 5.43 Å². The number of carbonyl (C=O) groups is 1. The number of nitrogens with two attached hydrogens (primary N) is 1. The summed E-state index contributed by atoms with van der Waals surface area (Å²) in [5.41, 5.74) is 3.47. The second-order valence-corrected chi connectivity index (χ2v) is 5.28. The summed E-state index contributed by atoms with van der Waals surface area (Å²) in [4.78, 5) is 36.9. The molecular formula is C17H16N6O3. The van der Waals surface area contributed by atoms with Gasteiger partial charge in [-0.05, 0) is 24.3 Å². The third kappa shape index (κ3) is 3.42. The van der Waals surface area contributed by atoms with Crippen molar-refractivity contribution in [3.8, 4) is 17.3 Å². The largest absolute Gasteiger partial charge is 0.468 e. The number of hydrogen-bond donors (Lipinski definition) is 2. The van der Waals surface area contributed by atoms with Crippen molar-refractivity contribution in [2.24, 2.45) is 5.84 Å². The topological polar surface area (TPSA) is 125 Å². The minimum Gasteiger partial charge on any atom is -0.468 e. The number of methoxy groups -OCH3 is 1. The van der Waals surface area contributed by atoms with E-state index in [1.54, 1.807) is 36.5 Å². The minimum absolute atomic E-state index is 0.125. The number of aromatic nitrogens is 4. The van der Waals surface area contributed by atoms with Crippen molar-refractivity contribution in [2.75, 3.05) is 7.11 Å². The van der Waals surface area contributed by atoms with Gasteiger partial charge in [-0.1, -0.05) is 6.07 Å². The number of ether oxygens (including phenoxy) is 1. The smallest absolute Gasteiger partial charge is 0.299 e. The Labute approximate surface area is 148 Å².